The molecule has 0 aromatic carbocycles. The van der Waals surface area contributed by atoms with Crippen LogP contribution in [0.4, 0.5) is 5.82 Å². The van der Waals surface area contributed by atoms with Crippen molar-refractivity contribution < 1.29 is 4.79 Å². The van der Waals surface area contributed by atoms with Crippen LogP contribution < -0.4 is 5.32 Å². The number of hydrogen-bond acceptors (Lipinski definition) is 3. The predicted molar refractivity (Wildman–Crippen MR) is 60.4 cm³/mol. The SMILES string of the molecule is Cn1ccc(NC(=O)c2ccncc2Cl)n1. The van der Waals surface area contributed by atoms with Crippen LogP contribution in [0, 0.1) is 0 Å². The van der Waals surface area contributed by atoms with E-state index in [4.69, 9.17) is 11.6 Å². The lowest BCUT2D eigenvalue weighted by molar-refractivity contribution is 0.102. The minimum Gasteiger partial charge on any atom is -0.305 e. The summed E-state index contributed by atoms with van der Waals surface area (Å²) < 4.78 is 1.60. The van der Waals surface area contributed by atoms with Gasteiger partial charge in [0, 0.05) is 31.7 Å². The summed E-state index contributed by atoms with van der Waals surface area (Å²) in [5.41, 5.74) is 0.377. The van der Waals surface area contributed by atoms with Gasteiger partial charge in [-0.05, 0) is 6.07 Å². The lowest BCUT2D eigenvalue weighted by atomic mass is 10.2. The highest BCUT2D eigenvalue weighted by atomic mass is 35.5. The monoisotopic (exact) mass is 236 g/mol. The fraction of sp³-hybridized carbons (Fsp3) is 0.100. The van der Waals surface area contributed by atoms with Crippen molar-refractivity contribution in [2.24, 2.45) is 7.05 Å². The highest BCUT2D eigenvalue weighted by Crippen LogP contribution is 2.14. The number of amides is 1. The van der Waals surface area contributed by atoms with Gasteiger partial charge in [0.15, 0.2) is 5.82 Å². The number of pyridine rings is 1. The van der Waals surface area contributed by atoms with Crippen molar-refractivity contribution >= 4 is 23.3 Å². The molecule has 6 heteroatoms. The zero-order chi connectivity index (χ0) is 11.5. The van der Waals surface area contributed by atoms with E-state index in [0.29, 0.717) is 16.4 Å². The molecule has 0 unspecified atom stereocenters. The van der Waals surface area contributed by atoms with E-state index in [9.17, 15) is 4.79 Å². The zero-order valence-corrected chi connectivity index (χ0v) is 9.27. The number of rotatable bonds is 2. The quantitative estimate of drug-likeness (QED) is 0.864. The zero-order valence-electron chi connectivity index (χ0n) is 8.51. The van der Waals surface area contributed by atoms with Gasteiger partial charge in [-0.3, -0.25) is 14.5 Å². The molecule has 16 heavy (non-hydrogen) atoms. The Bertz CT molecular complexity index is 523. The number of nitrogens with one attached hydrogen (secondary N) is 1. The van der Waals surface area contributed by atoms with E-state index in [1.54, 1.807) is 30.1 Å². The molecule has 5 nitrogen and oxygen atoms in total. The highest BCUT2D eigenvalue weighted by Gasteiger charge is 2.10. The number of halogens is 1. The molecular weight excluding hydrogens is 228 g/mol. The van der Waals surface area contributed by atoms with Crippen molar-refractivity contribution in [2.45, 2.75) is 0 Å². The van der Waals surface area contributed by atoms with Crippen LogP contribution in [0.2, 0.25) is 5.02 Å². The third kappa shape index (κ3) is 2.20. The third-order valence-corrected chi connectivity index (χ3v) is 2.27. The summed E-state index contributed by atoms with van der Waals surface area (Å²) >= 11 is 5.84. The number of carbonyl (C=O) groups is 1. The molecule has 2 aromatic rings. The second-order valence-electron chi connectivity index (χ2n) is 3.18. The first-order valence-electron chi connectivity index (χ1n) is 4.57. The molecule has 0 fully saturated rings. The Morgan fingerprint density at radius 1 is 1.50 bits per heavy atom. The van der Waals surface area contributed by atoms with Crippen LogP contribution in [-0.2, 0) is 7.05 Å². The molecule has 0 aliphatic carbocycles. The van der Waals surface area contributed by atoms with Gasteiger partial charge in [0.25, 0.3) is 5.91 Å². The maximum atomic E-state index is 11.8. The Hall–Kier alpha value is -1.88. The molecule has 2 aromatic heterocycles. The number of anilines is 1. The summed E-state index contributed by atoms with van der Waals surface area (Å²) in [6.07, 6.45) is 4.68. The molecule has 0 aliphatic rings. The Kier molecular flexibility index (Phi) is 2.87. The van der Waals surface area contributed by atoms with Crippen molar-refractivity contribution in [1.82, 2.24) is 14.8 Å². The molecule has 0 spiro atoms. The van der Waals surface area contributed by atoms with Crippen molar-refractivity contribution in [1.29, 1.82) is 0 Å². The van der Waals surface area contributed by atoms with E-state index in [2.05, 4.69) is 15.4 Å². The molecule has 2 rings (SSSR count). The fourth-order valence-corrected chi connectivity index (χ4v) is 1.43. The molecular formula is C10H9ClN4O. The van der Waals surface area contributed by atoms with Gasteiger partial charge < -0.3 is 5.32 Å². The van der Waals surface area contributed by atoms with Gasteiger partial charge >= 0.3 is 0 Å². The maximum Gasteiger partial charge on any atom is 0.258 e. The van der Waals surface area contributed by atoms with E-state index in [1.807, 2.05) is 0 Å². The van der Waals surface area contributed by atoms with E-state index < -0.39 is 0 Å². The Labute approximate surface area is 97.1 Å². The van der Waals surface area contributed by atoms with Crippen LogP contribution in [0.5, 0.6) is 0 Å². The van der Waals surface area contributed by atoms with Crippen molar-refractivity contribution in [3.05, 3.63) is 41.3 Å². The number of aryl methyl sites for hydroxylation is 1. The first kappa shape index (κ1) is 10.6. The summed E-state index contributed by atoms with van der Waals surface area (Å²) in [5, 5.41) is 6.98. The Morgan fingerprint density at radius 3 is 2.94 bits per heavy atom. The molecule has 0 bridgehead atoms. The van der Waals surface area contributed by atoms with Crippen LogP contribution in [0.1, 0.15) is 10.4 Å². The molecule has 2 heterocycles. The van der Waals surface area contributed by atoms with Crippen molar-refractivity contribution in [3.8, 4) is 0 Å². The second kappa shape index (κ2) is 4.32. The molecule has 82 valence electrons. The topological polar surface area (TPSA) is 59.8 Å². The molecule has 0 atom stereocenters. The summed E-state index contributed by atoms with van der Waals surface area (Å²) in [5.74, 6) is 0.187. The first-order valence-corrected chi connectivity index (χ1v) is 4.95. The smallest absolute Gasteiger partial charge is 0.258 e. The predicted octanol–water partition coefficient (Wildman–Crippen LogP) is 1.72. The van der Waals surface area contributed by atoms with E-state index in [0.717, 1.165) is 0 Å². The van der Waals surface area contributed by atoms with Crippen LogP contribution in [0.25, 0.3) is 0 Å². The molecule has 0 aliphatic heterocycles. The van der Waals surface area contributed by atoms with E-state index in [1.165, 1.54) is 12.4 Å². The van der Waals surface area contributed by atoms with Crippen molar-refractivity contribution in [3.63, 3.8) is 0 Å². The minimum atomic E-state index is -0.300. The van der Waals surface area contributed by atoms with Crippen LogP contribution in [-0.4, -0.2) is 20.7 Å². The fourth-order valence-electron chi connectivity index (χ4n) is 1.22. The first-order chi connectivity index (χ1) is 7.66. The Balaban J connectivity index is 2.18. The summed E-state index contributed by atoms with van der Waals surface area (Å²) in [6, 6.07) is 3.26. The average molecular weight is 237 g/mol. The van der Waals surface area contributed by atoms with E-state index >= 15 is 0 Å². The molecule has 0 saturated heterocycles. The second-order valence-corrected chi connectivity index (χ2v) is 3.59. The van der Waals surface area contributed by atoms with Crippen LogP contribution in [0.3, 0.4) is 0 Å². The van der Waals surface area contributed by atoms with Gasteiger partial charge in [-0.25, -0.2) is 0 Å². The van der Waals surface area contributed by atoms with Gasteiger partial charge in [-0.1, -0.05) is 11.6 Å². The lowest BCUT2D eigenvalue weighted by Gasteiger charge is -2.02. The number of aromatic nitrogens is 3. The lowest BCUT2D eigenvalue weighted by Crippen LogP contribution is -2.13. The van der Waals surface area contributed by atoms with E-state index in [-0.39, 0.29) is 5.91 Å². The average Bonchev–Trinajstić information content (AvgIpc) is 2.64. The van der Waals surface area contributed by atoms with Gasteiger partial charge in [0.05, 0.1) is 10.6 Å². The summed E-state index contributed by atoms with van der Waals surface area (Å²) in [6.45, 7) is 0. The minimum absolute atomic E-state index is 0.300. The Morgan fingerprint density at radius 2 is 2.31 bits per heavy atom. The van der Waals surface area contributed by atoms with Crippen molar-refractivity contribution in [2.75, 3.05) is 5.32 Å². The van der Waals surface area contributed by atoms with Gasteiger partial charge in [-0.2, -0.15) is 5.10 Å². The van der Waals surface area contributed by atoms with Crippen LogP contribution >= 0.6 is 11.6 Å². The molecule has 0 saturated carbocycles. The van der Waals surface area contributed by atoms with Gasteiger partial charge in [0.1, 0.15) is 0 Å². The van der Waals surface area contributed by atoms with Gasteiger partial charge in [-0.15, -0.1) is 0 Å². The van der Waals surface area contributed by atoms with Crippen LogP contribution in [0.15, 0.2) is 30.7 Å². The largest absolute Gasteiger partial charge is 0.305 e. The highest BCUT2D eigenvalue weighted by molar-refractivity contribution is 6.34. The molecule has 1 amide bonds. The number of hydrogen-bond donors (Lipinski definition) is 1. The number of nitrogens with zero attached hydrogens (tertiary/aromatic N) is 3. The van der Waals surface area contributed by atoms with Gasteiger partial charge in [0.2, 0.25) is 0 Å². The molecule has 1 N–H and O–H groups in total. The number of carbonyl (C=O) groups excluding carboxylic acids is 1. The normalized spacial score (nSPS) is 10.1. The third-order valence-electron chi connectivity index (χ3n) is 1.97. The maximum absolute atomic E-state index is 11.8. The molecule has 0 radical (unpaired) electrons. The standard InChI is InChI=1S/C10H9ClN4O/c1-15-5-3-9(14-15)13-10(16)7-2-4-12-6-8(7)11/h2-6H,1H3,(H,13,14,16). The summed E-state index contributed by atoms with van der Waals surface area (Å²) in [7, 11) is 1.77. The summed E-state index contributed by atoms with van der Waals surface area (Å²) in [4.78, 5) is 15.6.